The van der Waals surface area contributed by atoms with Crippen molar-refractivity contribution in [3.63, 3.8) is 0 Å². The number of nitrogens with one attached hydrogen (secondary N) is 1. The summed E-state index contributed by atoms with van der Waals surface area (Å²) < 4.78 is 1.82. The van der Waals surface area contributed by atoms with Crippen LogP contribution in [-0.4, -0.2) is 45.0 Å². The highest BCUT2D eigenvalue weighted by Crippen LogP contribution is 2.15. The second-order valence-corrected chi connectivity index (χ2v) is 5.12. The van der Waals surface area contributed by atoms with Gasteiger partial charge >= 0.3 is 12.0 Å². The van der Waals surface area contributed by atoms with E-state index in [-0.39, 0.29) is 12.6 Å². The molecule has 112 valence electrons. The van der Waals surface area contributed by atoms with Gasteiger partial charge in [0.2, 0.25) is 0 Å². The molecule has 2 aromatic heterocycles. The van der Waals surface area contributed by atoms with Crippen LogP contribution in [0.5, 0.6) is 0 Å². The van der Waals surface area contributed by atoms with E-state index in [1.807, 2.05) is 17.4 Å². The minimum absolute atomic E-state index is 0.146. The topological polar surface area (TPSA) is 86.9 Å². The molecule has 0 fully saturated rings. The summed E-state index contributed by atoms with van der Waals surface area (Å²) in [6, 6.07) is 1.48. The highest BCUT2D eigenvalue weighted by Gasteiger charge is 2.17. The van der Waals surface area contributed by atoms with Crippen LogP contribution in [0.1, 0.15) is 12.5 Å². The molecule has 2 N–H and O–H groups in total. The van der Waals surface area contributed by atoms with E-state index in [9.17, 15) is 9.59 Å². The van der Waals surface area contributed by atoms with Crippen molar-refractivity contribution in [2.75, 3.05) is 18.9 Å². The Morgan fingerprint density at radius 3 is 2.90 bits per heavy atom. The van der Waals surface area contributed by atoms with E-state index >= 15 is 0 Å². The summed E-state index contributed by atoms with van der Waals surface area (Å²) in [6.45, 7) is 3.62. The van der Waals surface area contributed by atoms with Gasteiger partial charge in [-0.05, 0) is 18.6 Å². The van der Waals surface area contributed by atoms with Crippen molar-refractivity contribution in [1.29, 1.82) is 0 Å². The van der Waals surface area contributed by atoms with Crippen LogP contribution in [0.2, 0.25) is 0 Å². The summed E-state index contributed by atoms with van der Waals surface area (Å²) in [7, 11) is 1.57. The van der Waals surface area contributed by atoms with Crippen molar-refractivity contribution in [3.05, 3.63) is 30.2 Å². The fraction of sp³-hybridized carbons (Fsp3) is 0.357. The number of imidazole rings is 1. The summed E-state index contributed by atoms with van der Waals surface area (Å²) in [5.74, 6) is -1.54. The first-order valence-corrected chi connectivity index (χ1v) is 6.56. The second-order valence-electron chi connectivity index (χ2n) is 5.12. The number of hydrogen-bond donors (Lipinski definition) is 2. The largest absolute Gasteiger partial charge is 0.481 e. The lowest BCUT2D eigenvalue weighted by Crippen LogP contribution is -2.36. The quantitative estimate of drug-likeness (QED) is 0.899. The molecule has 2 heterocycles. The molecular weight excluding hydrogens is 272 g/mol. The number of nitrogens with zero attached hydrogens (tertiary/aromatic N) is 3. The number of anilines is 1. The number of carbonyl (C=O) groups excluding carboxylic acids is 1. The van der Waals surface area contributed by atoms with E-state index in [2.05, 4.69) is 10.3 Å². The van der Waals surface area contributed by atoms with E-state index in [0.717, 1.165) is 11.2 Å². The lowest BCUT2D eigenvalue weighted by molar-refractivity contribution is -0.141. The monoisotopic (exact) mass is 290 g/mol. The van der Waals surface area contributed by atoms with Gasteiger partial charge in [0.05, 0.1) is 11.6 Å². The third-order valence-electron chi connectivity index (χ3n) is 3.24. The number of pyridine rings is 1. The maximum Gasteiger partial charge on any atom is 0.321 e. The summed E-state index contributed by atoms with van der Waals surface area (Å²) in [5, 5.41) is 11.6. The maximum absolute atomic E-state index is 12.1. The van der Waals surface area contributed by atoms with Gasteiger partial charge in [-0.15, -0.1) is 0 Å². The Kier molecular flexibility index (Phi) is 4.11. The number of fused-ring (bicyclic) bond motifs is 1. The number of carboxylic acids is 1. The standard InChI is InChI=1S/C14H18N4O3/c1-9-6-11(8-18-5-4-15-12(9)18)16-14(21)17(3)7-10(2)13(19)20/h4-6,8,10H,7H2,1-3H3,(H,16,21)(H,19,20). The number of aliphatic carboxylic acids is 1. The number of hydrogen-bond acceptors (Lipinski definition) is 3. The van der Waals surface area contributed by atoms with Gasteiger partial charge < -0.3 is 19.7 Å². The van der Waals surface area contributed by atoms with Crippen molar-refractivity contribution in [3.8, 4) is 0 Å². The summed E-state index contributed by atoms with van der Waals surface area (Å²) in [5.41, 5.74) is 2.41. The molecule has 1 atom stereocenters. The molecule has 0 bridgehead atoms. The number of urea groups is 1. The van der Waals surface area contributed by atoms with Crippen molar-refractivity contribution in [2.45, 2.75) is 13.8 Å². The molecule has 2 aromatic rings. The third-order valence-corrected chi connectivity index (χ3v) is 3.24. The van der Waals surface area contributed by atoms with Crippen LogP contribution < -0.4 is 5.32 Å². The van der Waals surface area contributed by atoms with Gasteiger partial charge in [-0.1, -0.05) is 6.92 Å². The fourth-order valence-corrected chi connectivity index (χ4v) is 2.07. The number of amides is 2. The first-order chi connectivity index (χ1) is 9.88. The number of aryl methyl sites for hydroxylation is 1. The minimum atomic E-state index is -0.926. The molecule has 0 radical (unpaired) electrons. The number of carboxylic acid groups (broad SMARTS) is 1. The predicted octanol–water partition coefficient (Wildman–Crippen LogP) is 1.83. The van der Waals surface area contributed by atoms with E-state index < -0.39 is 11.9 Å². The average molecular weight is 290 g/mol. The SMILES string of the molecule is Cc1cc(NC(=O)N(C)CC(C)C(=O)O)cn2ccnc12. The van der Waals surface area contributed by atoms with E-state index in [1.54, 1.807) is 32.6 Å². The lowest BCUT2D eigenvalue weighted by Gasteiger charge is -2.20. The highest BCUT2D eigenvalue weighted by molar-refractivity contribution is 5.89. The zero-order chi connectivity index (χ0) is 15.6. The van der Waals surface area contributed by atoms with E-state index in [0.29, 0.717) is 5.69 Å². The molecule has 2 amide bonds. The molecule has 0 saturated carbocycles. The molecule has 7 heteroatoms. The van der Waals surface area contributed by atoms with Crippen LogP contribution in [0.4, 0.5) is 10.5 Å². The van der Waals surface area contributed by atoms with Crippen LogP contribution in [-0.2, 0) is 4.79 Å². The van der Waals surface area contributed by atoms with Gasteiger partial charge in [-0.2, -0.15) is 0 Å². The second kappa shape index (κ2) is 5.82. The van der Waals surface area contributed by atoms with Gasteiger partial charge in [-0.3, -0.25) is 4.79 Å². The Hall–Kier alpha value is -2.57. The fourth-order valence-electron chi connectivity index (χ4n) is 2.07. The first-order valence-electron chi connectivity index (χ1n) is 6.56. The normalized spacial score (nSPS) is 12.1. The van der Waals surface area contributed by atoms with Crippen molar-refractivity contribution >= 4 is 23.3 Å². The van der Waals surface area contributed by atoms with Gasteiger partial charge in [-0.25, -0.2) is 9.78 Å². The van der Waals surface area contributed by atoms with Crippen molar-refractivity contribution in [2.24, 2.45) is 5.92 Å². The Morgan fingerprint density at radius 2 is 2.24 bits per heavy atom. The van der Waals surface area contributed by atoms with Gasteiger partial charge in [0.1, 0.15) is 5.65 Å². The van der Waals surface area contributed by atoms with Crippen LogP contribution in [0.3, 0.4) is 0 Å². The van der Waals surface area contributed by atoms with Crippen molar-refractivity contribution in [1.82, 2.24) is 14.3 Å². The predicted molar refractivity (Wildman–Crippen MR) is 78.4 cm³/mol. The number of carbonyl (C=O) groups is 2. The molecule has 2 rings (SSSR count). The molecule has 21 heavy (non-hydrogen) atoms. The summed E-state index contributed by atoms with van der Waals surface area (Å²) in [6.07, 6.45) is 5.25. The van der Waals surface area contributed by atoms with E-state index in [1.165, 1.54) is 4.90 Å². The number of aromatic nitrogens is 2. The molecule has 0 spiro atoms. The third kappa shape index (κ3) is 3.31. The molecular formula is C14H18N4O3. The van der Waals surface area contributed by atoms with Gasteiger partial charge in [0.15, 0.2) is 0 Å². The average Bonchev–Trinajstić information content (AvgIpc) is 2.87. The molecule has 0 aromatic carbocycles. The Morgan fingerprint density at radius 1 is 1.52 bits per heavy atom. The Balaban J connectivity index is 2.08. The van der Waals surface area contributed by atoms with E-state index in [4.69, 9.17) is 5.11 Å². The Labute approximate surface area is 122 Å². The molecule has 7 nitrogen and oxygen atoms in total. The highest BCUT2D eigenvalue weighted by atomic mass is 16.4. The minimum Gasteiger partial charge on any atom is -0.481 e. The summed E-state index contributed by atoms with van der Waals surface area (Å²) >= 11 is 0. The Bertz CT molecular complexity index is 680. The molecule has 0 aliphatic carbocycles. The molecule has 0 saturated heterocycles. The smallest absolute Gasteiger partial charge is 0.321 e. The first kappa shape index (κ1) is 14.8. The van der Waals surface area contributed by atoms with Gasteiger partial charge in [0, 0.05) is 32.2 Å². The zero-order valence-electron chi connectivity index (χ0n) is 12.2. The maximum atomic E-state index is 12.1. The lowest BCUT2D eigenvalue weighted by atomic mass is 10.2. The van der Waals surface area contributed by atoms with Gasteiger partial charge in [0.25, 0.3) is 0 Å². The molecule has 0 aliphatic heterocycles. The van der Waals surface area contributed by atoms with Crippen LogP contribution in [0, 0.1) is 12.8 Å². The summed E-state index contributed by atoms with van der Waals surface area (Å²) in [4.78, 5) is 28.4. The van der Waals surface area contributed by atoms with Crippen LogP contribution in [0.25, 0.3) is 5.65 Å². The van der Waals surface area contributed by atoms with Crippen LogP contribution in [0.15, 0.2) is 24.7 Å². The molecule has 1 unspecified atom stereocenters. The zero-order valence-corrected chi connectivity index (χ0v) is 12.2. The molecule has 0 aliphatic rings. The van der Waals surface area contributed by atoms with Crippen LogP contribution >= 0.6 is 0 Å². The number of rotatable bonds is 4. The van der Waals surface area contributed by atoms with Crippen molar-refractivity contribution < 1.29 is 14.7 Å².